The second-order valence-electron chi connectivity index (χ2n) is 7.18. The van der Waals surface area contributed by atoms with Gasteiger partial charge in [0, 0.05) is 18.2 Å². The molecular weight excluding hydrogens is 418 g/mol. The number of hydrogen-bond acceptors (Lipinski definition) is 3. The molecule has 1 heterocycles. The van der Waals surface area contributed by atoms with Gasteiger partial charge in [0.25, 0.3) is 0 Å². The van der Waals surface area contributed by atoms with E-state index in [1.54, 1.807) is 24.3 Å². The number of nitrogens with one attached hydrogen (secondary N) is 1. The SMILES string of the molecule is O=C(CCc1ccccc1)Nc1cccc(C2SCC(=O)N2c2cc(F)ccc2F)c1. The Bertz CT molecular complexity index is 1110. The summed E-state index contributed by atoms with van der Waals surface area (Å²) in [6.45, 7) is 0. The molecule has 0 saturated carbocycles. The first-order chi connectivity index (χ1) is 15.0. The molecule has 1 atom stereocenters. The molecule has 2 amide bonds. The van der Waals surface area contributed by atoms with Crippen LogP contribution in [0.1, 0.15) is 22.9 Å². The molecular formula is C24H20F2N2O2S. The Kier molecular flexibility index (Phi) is 6.32. The molecule has 1 unspecified atom stereocenters. The summed E-state index contributed by atoms with van der Waals surface area (Å²) in [5.74, 6) is -1.53. The van der Waals surface area contributed by atoms with Crippen LogP contribution in [-0.2, 0) is 16.0 Å². The standard InChI is InChI=1S/C24H20F2N2O2S/c25-18-10-11-20(26)21(14-18)28-23(30)15-31-24(28)17-7-4-8-19(13-17)27-22(29)12-9-16-5-2-1-3-6-16/h1-8,10-11,13-14,24H,9,12,15H2,(H,27,29). The van der Waals surface area contributed by atoms with Crippen molar-refractivity contribution < 1.29 is 18.4 Å². The Balaban J connectivity index is 1.50. The zero-order valence-electron chi connectivity index (χ0n) is 16.6. The number of amides is 2. The number of anilines is 2. The molecule has 1 aliphatic rings. The van der Waals surface area contributed by atoms with E-state index in [0.717, 1.165) is 29.3 Å². The summed E-state index contributed by atoms with van der Waals surface area (Å²) in [4.78, 5) is 26.1. The molecule has 1 fully saturated rings. The lowest BCUT2D eigenvalue weighted by molar-refractivity contribution is -0.116. The van der Waals surface area contributed by atoms with E-state index < -0.39 is 17.0 Å². The van der Waals surface area contributed by atoms with E-state index in [1.807, 2.05) is 30.3 Å². The number of hydrogen-bond donors (Lipinski definition) is 1. The lowest BCUT2D eigenvalue weighted by Crippen LogP contribution is -2.28. The zero-order valence-corrected chi connectivity index (χ0v) is 17.4. The summed E-state index contributed by atoms with van der Waals surface area (Å²) in [6.07, 6.45) is 0.970. The van der Waals surface area contributed by atoms with Gasteiger partial charge < -0.3 is 5.32 Å². The lowest BCUT2D eigenvalue weighted by atomic mass is 10.1. The third-order valence-electron chi connectivity index (χ3n) is 4.97. The smallest absolute Gasteiger partial charge is 0.238 e. The quantitative estimate of drug-likeness (QED) is 0.567. The predicted molar refractivity (Wildman–Crippen MR) is 119 cm³/mol. The summed E-state index contributed by atoms with van der Waals surface area (Å²) >= 11 is 1.33. The maximum atomic E-state index is 14.3. The van der Waals surface area contributed by atoms with E-state index in [-0.39, 0.29) is 23.3 Å². The third-order valence-corrected chi connectivity index (χ3v) is 6.19. The van der Waals surface area contributed by atoms with Gasteiger partial charge in [-0.15, -0.1) is 11.8 Å². The van der Waals surface area contributed by atoms with Crippen molar-refractivity contribution >= 4 is 35.0 Å². The molecule has 0 aliphatic carbocycles. The number of halogens is 2. The lowest BCUT2D eigenvalue weighted by Gasteiger charge is -2.25. The molecule has 0 spiro atoms. The fourth-order valence-corrected chi connectivity index (χ4v) is 4.66. The number of rotatable bonds is 6. The second-order valence-corrected chi connectivity index (χ2v) is 8.25. The van der Waals surface area contributed by atoms with E-state index in [1.165, 1.54) is 16.7 Å². The Morgan fingerprint density at radius 2 is 1.84 bits per heavy atom. The van der Waals surface area contributed by atoms with Crippen LogP contribution in [0, 0.1) is 11.6 Å². The Morgan fingerprint density at radius 1 is 1.03 bits per heavy atom. The number of carbonyl (C=O) groups is 2. The molecule has 158 valence electrons. The van der Waals surface area contributed by atoms with Crippen LogP contribution in [0.3, 0.4) is 0 Å². The van der Waals surface area contributed by atoms with Crippen molar-refractivity contribution in [3.8, 4) is 0 Å². The zero-order chi connectivity index (χ0) is 21.8. The van der Waals surface area contributed by atoms with Gasteiger partial charge in [-0.2, -0.15) is 0 Å². The van der Waals surface area contributed by atoms with Crippen molar-refractivity contribution in [1.29, 1.82) is 0 Å². The maximum absolute atomic E-state index is 14.3. The topological polar surface area (TPSA) is 49.4 Å². The maximum Gasteiger partial charge on any atom is 0.238 e. The largest absolute Gasteiger partial charge is 0.326 e. The number of carbonyl (C=O) groups excluding carboxylic acids is 2. The summed E-state index contributed by atoms with van der Waals surface area (Å²) in [5, 5.41) is 2.37. The van der Waals surface area contributed by atoms with Crippen molar-refractivity contribution in [2.24, 2.45) is 0 Å². The molecule has 4 nitrogen and oxygen atoms in total. The van der Waals surface area contributed by atoms with Crippen LogP contribution < -0.4 is 10.2 Å². The van der Waals surface area contributed by atoms with Crippen LogP contribution in [0.2, 0.25) is 0 Å². The predicted octanol–water partition coefficient (Wildman–Crippen LogP) is 5.31. The van der Waals surface area contributed by atoms with Crippen LogP contribution in [0.25, 0.3) is 0 Å². The minimum Gasteiger partial charge on any atom is -0.326 e. The molecule has 3 aromatic rings. The molecule has 1 N–H and O–H groups in total. The van der Waals surface area contributed by atoms with E-state index in [2.05, 4.69) is 5.32 Å². The first-order valence-corrected chi connectivity index (χ1v) is 10.9. The normalized spacial score (nSPS) is 15.9. The monoisotopic (exact) mass is 438 g/mol. The van der Waals surface area contributed by atoms with Gasteiger partial charge in [-0.1, -0.05) is 42.5 Å². The van der Waals surface area contributed by atoms with E-state index in [9.17, 15) is 18.4 Å². The first kappa shape index (κ1) is 21.1. The van der Waals surface area contributed by atoms with Gasteiger partial charge in [0.2, 0.25) is 11.8 Å². The van der Waals surface area contributed by atoms with Gasteiger partial charge in [0.05, 0.1) is 11.4 Å². The highest BCUT2D eigenvalue weighted by molar-refractivity contribution is 8.00. The van der Waals surface area contributed by atoms with Crippen LogP contribution in [0.5, 0.6) is 0 Å². The van der Waals surface area contributed by atoms with Crippen LogP contribution in [0.15, 0.2) is 72.8 Å². The first-order valence-electron chi connectivity index (χ1n) is 9.84. The average Bonchev–Trinajstić information content (AvgIpc) is 3.16. The van der Waals surface area contributed by atoms with Gasteiger partial charge in [-0.05, 0) is 41.8 Å². The highest BCUT2D eigenvalue weighted by Crippen LogP contribution is 2.43. The number of benzene rings is 3. The Labute approximate surface area is 183 Å². The van der Waals surface area contributed by atoms with Crippen molar-refractivity contribution in [3.63, 3.8) is 0 Å². The Hall–Kier alpha value is -3.19. The molecule has 3 aromatic carbocycles. The summed E-state index contributed by atoms with van der Waals surface area (Å²) in [5.41, 5.74) is 2.31. The summed E-state index contributed by atoms with van der Waals surface area (Å²) < 4.78 is 28.0. The van der Waals surface area contributed by atoms with Gasteiger partial charge >= 0.3 is 0 Å². The number of aryl methyl sites for hydroxylation is 1. The molecule has 31 heavy (non-hydrogen) atoms. The van der Waals surface area contributed by atoms with Crippen LogP contribution in [-0.4, -0.2) is 17.6 Å². The van der Waals surface area contributed by atoms with Gasteiger partial charge in [-0.3, -0.25) is 14.5 Å². The number of nitrogens with zero attached hydrogens (tertiary/aromatic N) is 1. The highest BCUT2D eigenvalue weighted by Gasteiger charge is 2.35. The van der Waals surface area contributed by atoms with Crippen molar-refractivity contribution in [2.75, 3.05) is 16.0 Å². The van der Waals surface area contributed by atoms with E-state index in [4.69, 9.17) is 0 Å². The fourth-order valence-electron chi connectivity index (χ4n) is 3.50. The number of thioether (sulfide) groups is 1. The minimum absolute atomic E-state index is 0.0858. The molecule has 0 bridgehead atoms. The van der Waals surface area contributed by atoms with E-state index >= 15 is 0 Å². The summed E-state index contributed by atoms with van der Waals surface area (Å²) in [7, 11) is 0. The van der Waals surface area contributed by atoms with Gasteiger partial charge in [-0.25, -0.2) is 8.78 Å². The van der Waals surface area contributed by atoms with Gasteiger partial charge in [0.15, 0.2) is 0 Å². The fraction of sp³-hybridized carbons (Fsp3) is 0.167. The Morgan fingerprint density at radius 3 is 2.65 bits per heavy atom. The highest BCUT2D eigenvalue weighted by atomic mass is 32.2. The molecule has 0 aromatic heterocycles. The van der Waals surface area contributed by atoms with Gasteiger partial charge in [0.1, 0.15) is 17.0 Å². The van der Waals surface area contributed by atoms with Crippen molar-refractivity contribution in [2.45, 2.75) is 18.2 Å². The van der Waals surface area contributed by atoms with Crippen molar-refractivity contribution in [1.82, 2.24) is 0 Å². The molecule has 1 aliphatic heterocycles. The van der Waals surface area contributed by atoms with Crippen LogP contribution in [0.4, 0.5) is 20.2 Å². The molecule has 0 radical (unpaired) electrons. The molecule has 1 saturated heterocycles. The van der Waals surface area contributed by atoms with E-state index in [0.29, 0.717) is 18.5 Å². The average molecular weight is 438 g/mol. The summed E-state index contributed by atoms with van der Waals surface area (Å²) in [6, 6.07) is 19.9. The van der Waals surface area contributed by atoms with Crippen molar-refractivity contribution in [3.05, 3.63) is 95.6 Å². The second kappa shape index (κ2) is 9.31. The minimum atomic E-state index is -0.660. The third kappa shape index (κ3) is 4.94. The molecule has 7 heteroatoms. The van der Waals surface area contributed by atoms with Crippen LogP contribution >= 0.6 is 11.8 Å². The molecule has 4 rings (SSSR count).